The molecular formula is C19H26N4O5. The van der Waals surface area contributed by atoms with Crippen molar-refractivity contribution in [3.8, 4) is 5.75 Å². The Bertz CT molecular complexity index is 762. The largest absolute Gasteiger partial charge is 0.497 e. The molecule has 1 saturated heterocycles. The Kier molecular flexibility index (Phi) is 6.61. The Morgan fingerprint density at radius 2 is 1.75 bits per heavy atom. The van der Waals surface area contributed by atoms with Crippen LogP contribution in [-0.2, 0) is 19.9 Å². The van der Waals surface area contributed by atoms with Gasteiger partial charge in [0.1, 0.15) is 17.8 Å². The summed E-state index contributed by atoms with van der Waals surface area (Å²) in [6.45, 7) is 5.21. The predicted octanol–water partition coefficient (Wildman–Crippen LogP) is 0.351. The standard InChI is InChI=1S/C19H26N4O5/c1-12(2)16(25)21-10-9-20-15(24)11-23-17(26)19(3,22-18(23)27)13-5-7-14(28-4)8-6-13/h5-8,12H,9-11H2,1-4H3,(H,20,24)(H,21,25)(H,22,27)/t19-/m1/s1. The van der Waals surface area contributed by atoms with Gasteiger partial charge in [-0.15, -0.1) is 0 Å². The van der Waals surface area contributed by atoms with Crippen molar-refractivity contribution in [1.82, 2.24) is 20.9 Å². The van der Waals surface area contributed by atoms with Gasteiger partial charge in [0.2, 0.25) is 11.8 Å². The lowest BCUT2D eigenvalue weighted by Gasteiger charge is -2.22. The van der Waals surface area contributed by atoms with Gasteiger partial charge in [0.05, 0.1) is 7.11 Å². The number of benzene rings is 1. The maximum Gasteiger partial charge on any atom is 0.325 e. The molecule has 28 heavy (non-hydrogen) atoms. The zero-order valence-electron chi connectivity index (χ0n) is 16.5. The molecular weight excluding hydrogens is 364 g/mol. The maximum atomic E-state index is 12.8. The number of ether oxygens (including phenoxy) is 1. The zero-order valence-corrected chi connectivity index (χ0v) is 16.5. The van der Waals surface area contributed by atoms with Crippen LogP contribution in [-0.4, -0.2) is 55.4 Å². The molecule has 0 radical (unpaired) electrons. The molecule has 0 aromatic heterocycles. The molecule has 3 N–H and O–H groups in total. The molecule has 9 nitrogen and oxygen atoms in total. The van der Waals surface area contributed by atoms with Crippen molar-refractivity contribution in [3.05, 3.63) is 29.8 Å². The number of methoxy groups -OCH3 is 1. The minimum absolute atomic E-state index is 0.112. The molecule has 0 saturated carbocycles. The van der Waals surface area contributed by atoms with Crippen LogP contribution in [0.1, 0.15) is 26.3 Å². The Morgan fingerprint density at radius 1 is 1.14 bits per heavy atom. The molecule has 152 valence electrons. The van der Waals surface area contributed by atoms with E-state index in [0.29, 0.717) is 11.3 Å². The number of hydrogen-bond acceptors (Lipinski definition) is 5. The number of carbonyl (C=O) groups excluding carboxylic acids is 4. The third-order valence-corrected chi connectivity index (χ3v) is 4.51. The van der Waals surface area contributed by atoms with Crippen LogP contribution in [0.25, 0.3) is 0 Å². The van der Waals surface area contributed by atoms with E-state index in [1.807, 2.05) is 0 Å². The van der Waals surface area contributed by atoms with Crippen LogP contribution in [0.2, 0.25) is 0 Å². The lowest BCUT2D eigenvalue weighted by molar-refractivity contribution is -0.134. The molecule has 9 heteroatoms. The summed E-state index contributed by atoms with van der Waals surface area (Å²) in [5.41, 5.74) is -0.666. The molecule has 1 aliphatic rings. The van der Waals surface area contributed by atoms with Gasteiger partial charge in [-0.1, -0.05) is 26.0 Å². The summed E-state index contributed by atoms with van der Waals surface area (Å²) in [5.74, 6) is -0.618. The first kappa shape index (κ1) is 21.2. The van der Waals surface area contributed by atoms with Crippen molar-refractivity contribution < 1.29 is 23.9 Å². The van der Waals surface area contributed by atoms with Crippen LogP contribution in [0, 0.1) is 5.92 Å². The fourth-order valence-electron chi connectivity index (χ4n) is 2.75. The topological polar surface area (TPSA) is 117 Å². The normalized spacial score (nSPS) is 18.8. The number of nitrogens with zero attached hydrogens (tertiary/aromatic N) is 1. The summed E-state index contributed by atoms with van der Waals surface area (Å²) < 4.78 is 5.10. The molecule has 1 fully saturated rings. The summed E-state index contributed by atoms with van der Waals surface area (Å²) in [5, 5.41) is 7.90. The number of urea groups is 1. The molecule has 0 unspecified atom stereocenters. The van der Waals surface area contributed by atoms with Gasteiger partial charge in [-0.3, -0.25) is 19.3 Å². The average Bonchev–Trinajstić information content (AvgIpc) is 2.89. The number of hydrogen-bond donors (Lipinski definition) is 3. The second-order valence-corrected chi connectivity index (χ2v) is 6.97. The summed E-state index contributed by atoms with van der Waals surface area (Å²) in [4.78, 5) is 49.5. The van der Waals surface area contributed by atoms with E-state index in [9.17, 15) is 19.2 Å². The van der Waals surface area contributed by atoms with Crippen molar-refractivity contribution in [1.29, 1.82) is 0 Å². The summed E-state index contributed by atoms with van der Waals surface area (Å²) in [7, 11) is 1.54. The second kappa shape index (κ2) is 8.73. The monoisotopic (exact) mass is 390 g/mol. The number of amides is 5. The van der Waals surface area contributed by atoms with E-state index in [2.05, 4.69) is 16.0 Å². The van der Waals surface area contributed by atoms with E-state index in [1.165, 1.54) is 7.11 Å². The third kappa shape index (κ3) is 4.59. The number of nitrogens with one attached hydrogen (secondary N) is 3. The number of imide groups is 1. The highest BCUT2D eigenvalue weighted by molar-refractivity contribution is 6.09. The molecule has 1 heterocycles. The first-order valence-corrected chi connectivity index (χ1v) is 9.02. The first-order valence-electron chi connectivity index (χ1n) is 9.02. The lowest BCUT2D eigenvalue weighted by Crippen LogP contribution is -2.44. The number of rotatable bonds is 8. The van der Waals surface area contributed by atoms with E-state index in [0.717, 1.165) is 4.90 Å². The minimum Gasteiger partial charge on any atom is -0.497 e. The van der Waals surface area contributed by atoms with Crippen molar-refractivity contribution >= 4 is 23.8 Å². The van der Waals surface area contributed by atoms with Gasteiger partial charge in [0.25, 0.3) is 5.91 Å². The molecule has 1 atom stereocenters. The van der Waals surface area contributed by atoms with Gasteiger partial charge in [-0.05, 0) is 24.6 Å². The van der Waals surface area contributed by atoms with Crippen LogP contribution in [0.3, 0.4) is 0 Å². The van der Waals surface area contributed by atoms with E-state index >= 15 is 0 Å². The predicted molar refractivity (Wildman–Crippen MR) is 101 cm³/mol. The SMILES string of the molecule is COc1ccc([C@@]2(C)NC(=O)N(CC(=O)NCCNC(=O)C(C)C)C2=O)cc1. The van der Waals surface area contributed by atoms with E-state index in [1.54, 1.807) is 45.0 Å². The Balaban J connectivity index is 1.93. The van der Waals surface area contributed by atoms with Crippen molar-refractivity contribution in [3.63, 3.8) is 0 Å². The van der Waals surface area contributed by atoms with Crippen molar-refractivity contribution in [2.75, 3.05) is 26.7 Å². The molecule has 5 amide bonds. The zero-order chi connectivity index (χ0) is 20.9. The Labute approximate surface area is 163 Å². The van der Waals surface area contributed by atoms with Gasteiger partial charge < -0.3 is 20.7 Å². The van der Waals surface area contributed by atoms with Gasteiger partial charge in [0, 0.05) is 19.0 Å². The second-order valence-electron chi connectivity index (χ2n) is 6.97. The molecule has 0 aliphatic carbocycles. The van der Waals surface area contributed by atoms with Crippen molar-refractivity contribution in [2.45, 2.75) is 26.3 Å². The summed E-state index contributed by atoms with van der Waals surface area (Å²) in [6.07, 6.45) is 0. The highest BCUT2D eigenvalue weighted by Crippen LogP contribution is 2.29. The molecule has 2 rings (SSSR count). The van der Waals surface area contributed by atoms with Crippen LogP contribution in [0.4, 0.5) is 4.79 Å². The molecule has 0 spiro atoms. The average molecular weight is 390 g/mol. The van der Waals surface area contributed by atoms with E-state index < -0.39 is 29.9 Å². The molecule has 1 aromatic rings. The Hall–Kier alpha value is -3.10. The van der Waals surface area contributed by atoms with Crippen molar-refractivity contribution in [2.24, 2.45) is 5.92 Å². The van der Waals surface area contributed by atoms with Gasteiger partial charge >= 0.3 is 6.03 Å². The fourth-order valence-corrected chi connectivity index (χ4v) is 2.75. The smallest absolute Gasteiger partial charge is 0.325 e. The van der Waals surface area contributed by atoms with Crippen LogP contribution < -0.4 is 20.7 Å². The summed E-state index contributed by atoms with van der Waals surface area (Å²) in [6, 6.07) is 6.14. The Morgan fingerprint density at radius 3 is 2.32 bits per heavy atom. The van der Waals surface area contributed by atoms with E-state index in [-0.39, 0.29) is 24.9 Å². The van der Waals surface area contributed by atoms with Gasteiger partial charge in [-0.25, -0.2) is 4.79 Å². The van der Waals surface area contributed by atoms with Gasteiger partial charge in [0.15, 0.2) is 0 Å². The van der Waals surface area contributed by atoms with Gasteiger partial charge in [-0.2, -0.15) is 0 Å². The first-order chi connectivity index (χ1) is 13.2. The molecule has 1 aromatic carbocycles. The minimum atomic E-state index is -1.26. The van der Waals surface area contributed by atoms with E-state index in [4.69, 9.17) is 4.74 Å². The van der Waals surface area contributed by atoms with Crippen LogP contribution in [0.5, 0.6) is 5.75 Å². The summed E-state index contributed by atoms with van der Waals surface area (Å²) >= 11 is 0. The molecule has 1 aliphatic heterocycles. The van der Waals surface area contributed by atoms with Crippen LogP contribution >= 0.6 is 0 Å². The number of carbonyl (C=O) groups is 4. The van der Waals surface area contributed by atoms with Crippen LogP contribution in [0.15, 0.2) is 24.3 Å². The highest BCUT2D eigenvalue weighted by atomic mass is 16.5. The highest BCUT2D eigenvalue weighted by Gasteiger charge is 2.49. The maximum absolute atomic E-state index is 12.8. The quantitative estimate of drug-likeness (QED) is 0.437. The fraction of sp³-hybridized carbons (Fsp3) is 0.474. The molecule has 0 bridgehead atoms. The lowest BCUT2D eigenvalue weighted by atomic mass is 9.92. The third-order valence-electron chi connectivity index (χ3n) is 4.51.